The van der Waals surface area contributed by atoms with Crippen LogP contribution in [0.25, 0.3) is 11.1 Å². The standard InChI is InChI=1S/C16H16F3NO/c17-16(18,19)12-20-10-11-21-15-9-5-4-8-14(15)13-6-2-1-3-7-13/h1-9,20H,10-12H2. The summed E-state index contributed by atoms with van der Waals surface area (Å²) in [4.78, 5) is 0. The Morgan fingerprint density at radius 1 is 0.905 bits per heavy atom. The lowest BCUT2D eigenvalue weighted by Gasteiger charge is -2.12. The molecule has 0 aliphatic rings. The first kappa shape index (κ1) is 15.4. The molecule has 5 heteroatoms. The van der Waals surface area contributed by atoms with Gasteiger partial charge in [0.05, 0.1) is 6.54 Å². The molecule has 0 saturated heterocycles. The molecule has 0 heterocycles. The zero-order valence-electron chi connectivity index (χ0n) is 11.4. The van der Waals surface area contributed by atoms with E-state index in [1.54, 1.807) is 0 Å². The zero-order chi connectivity index (χ0) is 15.1. The van der Waals surface area contributed by atoms with E-state index in [1.165, 1.54) is 0 Å². The van der Waals surface area contributed by atoms with Crippen LogP contribution < -0.4 is 10.1 Å². The van der Waals surface area contributed by atoms with Crippen LogP contribution in [0.5, 0.6) is 5.75 Å². The number of hydrogen-bond acceptors (Lipinski definition) is 2. The summed E-state index contributed by atoms with van der Waals surface area (Å²) < 4.78 is 41.5. The molecular weight excluding hydrogens is 279 g/mol. The highest BCUT2D eigenvalue weighted by molar-refractivity contribution is 5.70. The second kappa shape index (κ2) is 7.13. The third kappa shape index (κ3) is 5.11. The Morgan fingerprint density at radius 3 is 2.29 bits per heavy atom. The van der Waals surface area contributed by atoms with Crippen LogP contribution in [-0.4, -0.2) is 25.9 Å². The van der Waals surface area contributed by atoms with Crippen molar-refractivity contribution in [2.24, 2.45) is 0 Å². The largest absolute Gasteiger partial charge is 0.492 e. The van der Waals surface area contributed by atoms with Gasteiger partial charge < -0.3 is 10.1 Å². The van der Waals surface area contributed by atoms with E-state index in [-0.39, 0.29) is 13.2 Å². The van der Waals surface area contributed by atoms with Crippen LogP contribution in [0.1, 0.15) is 0 Å². The molecule has 0 fully saturated rings. The monoisotopic (exact) mass is 295 g/mol. The first-order valence-electron chi connectivity index (χ1n) is 6.61. The lowest BCUT2D eigenvalue weighted by molar-refractivity contribution is -0.124. The number of rotatable bonds is 6. The van der Waals surface area contributed by atoms with Gasteiger partial charge in [0, 0.05) is 12.1 Å². The summed E-state index contributed by atoms with van der Waals surface area (Å²) in [6.45, 7) is -0.681. The lowest BCUT2D eigenvalue weighted by atomic mass is 10.1. The molecule has 0 aliphatic carbocycles. The highest BCUT2D eigenvalue weighted by atomic mass is 19.4. The van der Waals surface area contributed by atoms with E-state index in [0.29, 0.717) is 5.75 Å². The number of ether oxygens (including phenoxy) is 1. The van der Waals surface area contributed by atoms with Crippen LogP contribution in [0, 0.1) is 0 Å². The molecule has 0 radical (unpaired) electrons. The van der Waals surface area contributed by atoms with Crippen LogP contribution in [0.2, 0.25) is 0 Å². The van der Waals surface area contributed by atoms with E-state index in [9.17, 15) is 13.2 Å². The van der Waals surface area contributed by atoms with E-state index in [4.69, 9.17) is 4.74 Å². The van der Waals surface area contributed by atoms with Crippen LogP contribution in [0.3, 0.4) is 0 Å². The fraction of sp³-hybridized carbons (Fsp3) is 0.250. The number of halogens is 3. The Morgan fingerprint density at radius 2 is 1.57 bits per heavy atom. The van der Waals surface area contributed by atoms with E-state index in [1.807, 2.05) is 54.6 Å². The van der Waals surface area contributed by atoms with E-state index < -0.39 is 12.7 Å². The number of nitrogens with one attached hydrogen (secondary N) is 1. The van der Waals surface area contributed by atoms with Crippen LogP contribution in [0.15, 0.2) is 54.6 Å². The SMILES string of the molecule is FC(F)(F)CNCCOc1ccccc1-c1ccccc1. The molecule has 0 aliphatic heterocycles. The van der Waals surface area contributed by atoms with Crippen molar-refractivity contribution in [3.05, 3.63) is 54.6 Å². The molecule has 21 heavy (non-hydrogen) atoms. The number of para-hydroxylation sites is 1. The Hall–Kier alpha value is -2.01. The molecule has 2 rings (SSSR count). The van der Waals surface area contributed by atoms with Crippen molar-refractivity contribution in [1.29, 1.82) is 0 Å². The Bertz CT molecular complexity index is 555. The van der Waals surface area contributed by atoms with Crippen LogP contribution in [-0.2, 0) is 0 Å². The first-order valence-corrected chi connectivity index (χ1v) is 6.61. The average Bonchev–Trinajstić information content (AvgIpc) is 2.47. The zero-order valence-corrected chi connectivity index (χ0v) is 11.4. The van der Waals surface area contributed by atoms with Crippen molar-refractivity contribution in [2.75, 3.05) is 19.7 Å². The van der Waals surface area contributed by atoms with Crippen LogP contribution in [0.4, 0.5) is 13.2 Å². The second-order valence-electron chi connectivity index (χ2n) is 4.50. The smallest absolute Gasteiger partial charge is 0.401 e. The van der Waals surface area contributed by atoms with Crippen LogP contribution >= 0.6 is 0 Å². The summed E-state index contributed by atoms with van der Waals surface area (Å²) in [7, 11) is 0. The van der Waals surface area contributed by atoms with E-state index >= 15 is 0 Å². The van der Waals surface area contributed by atoms with Gasteiger partial charge in [0.1, 0.15) is 12.4 Å². The quantitative estimate of drug-likeness (QED) is 0.816. The molecule has 112 valence electrons. The predicted molar refractivity (Wildman–Crippen MR) is 76.3 cm³/mol. The van der Waals surface area contributed by atoms with Crippen molar-refractivity contribution >= 4 is 0 Å². The normalized spacial score (nSPS) is 11.4. The van der Waals surface area contributed by atoms with E-state index in [2.05, 4.69) is 5.32 Å². The summed E-state index contributed by atoms with van der Waals surface area (Å²) in [6, 6.07) is 17.2. The van der Waals surface area contributed by atoms with Gasteiger partial charge in [-0.25, -0.2) is 0 Å². The molecule has 0 bridgehead atoms. The van der Waals surface area contributed by atoms with Gasteiger partial charge in [-0.05, 0) is 11.6 Å². The van der Waals surface area contributed by atoms with Crippen molar-refractivity contribution in [1.82, 2.24) is 5.32 Å². The predicted octanol–water partition coefficient (Wildman–Crippen LogP) is 3.88. The fourth-order valence-corrected chi connectivity index (χ4v) is 1.91. The molecule has 2 aromatic rings. The fourth-order valence-electron chi connectivity index (χ4n) is 1.91. The van der Waals surface area contributed by atoms with Gasteiger partial charge in [-0.3, -0.25) is 0 Å². The Labute approximate surface area is 121 Å². The molecule has 0 aromatic heterocycles. The maximum absolute atomic E-state index is 12.0. The minimum Gasteiger partial charge on any atom is -0.492 e. The lowest BCUT2D eigenvalue weighted by Crippen LogP contribution is -2.31. The van der Waals surface area contributed by atoms with Gasteiger partial charge in [-0.15, -0.1) is 0 Å². The van der Waals surface area contributed by atoms with Crippen molar-refractivity contribution in [3.8, 4) is 16.9 Å². The minimum absolute atomic E-state index is 0.142. The number of benzene rings is 2. The highest BCUT2D eigenvalue weighted by Gasteiger charge is 2.25. The molecular formula is C16H16F3NO. The Kier molecular flexibility index (Phi) is 5.22. The van der Waals surface area contributed by atoms with Gasteiger partial charge in [-0.1, -0.05) is 48.5 Å². The van der Waals surface area contributed by atoms with Crippen molar-refractivity contribution < 1.29 is 17.9 Å². The molecule has 0 spiro atoms. The maximum Gasteiger partial charge on any atom is 0.401 e. The molecule has 2 aromatic carbocycles. The van der Waals surface area contributed by atoms with Gasteiger partial charge in [0.15, 0.2) is 0 Å². The summed E-state index contributed by atoms with van der Waals surface area (Å²) in [5, 5.41) is 2.30. The van der Waals surface area contributed by atoms with Crippen molar-refractivity contribution in [2.45, 2.75) is 6.18 Å². The second-order valence-corrected chi connectivity index (χ2v) is 4.50. The van der Waals surface area contributed by atoms with Gasteiger partial charge in [0.25, 0.3) is 0 Å². The number of hydrogen-bond donors (Lipinski definition) is 1. The number of alkyl halides is 3. The molecule has 0 amide bonds. The molecule has 0 atom stereocenters. The average molecular weight is 295 g/mol. The third-order valence-corrected chi connectivity index (χ3v) is 2.83. The topological polar surface area (TPSA) is 21.3 Å². The molecule has 0 unspecified atom stereocenters. The Balaban J connectivity index is 1.92. The summed E-state index contributed by atoms with van der Waals surface area (Å²) >= 11 is 0. The van der Waals surface area contributed by atoms with E-state index in [0.717, 1.165) is 11.1 Å². The van der Waals surface area contributed by atoms with Gasteiger partial charge in [0.2, 0.25) is 0 Å². The third-order valence-electron chi connectivity index (χ3n) is 2.83. The molecule has 0 saturated carbocycles. The highest BCUT2D eigenvalue weighted by Crippen LogP contribution is 2.29. The van der Waals surface area contributed by atoms with Gasteiger partial charge in [-0.2, -0.15) is 13.2 Å². The minimum atomic E-state index is -4.19. The van der Waals surface area contributed by atoms with Crippen molar-refractivity contribution in [3.63, 3.8) is 0 Å². The molecule has 2 nitrogen and oxygen atoms in total. The first-order chi connectivity index (χ1) is 10.1. The summed E-state index contributed by atoms with van der Waals surface area (Å²) in [5.74, 6) is 0.664. The summed E-state index contributed by atoms with van der Waals surface area (Å²) in [5.41, 5.74) is 1.94. The van der Waals surface area contributed by atoms with Gasteiger partial charge >= 0.3 is 6.18 Å². The maximum atomic E-state index is 12.0. The molecule has 1 N–H and O–H groups in total. The summed E-state index contributed by atoms with van der Waals surface area (Å²) in [6.07, 6.45) is -4.19.